The number of hydrogen-bond donors (Lipinski definition) is 5. The maximum absolute atomic E-state index is 10.3. The summed E-state index contributed by atoms with van der Waals surface area (Å²) in [7, 11) is 0. The van der Waals surface area contributed by atoms with Crippen molar-refractivity contribution in [2.75, 3.05) is 17.8 Å². The molecule has 6 N–H and O–H groups in total. The third kappa shape index (κ3) is 4.06. The molecule has 0 saturated carbocycles. The van der Waals surface area contributed by atoms with E-state index in [2.05, 4.69) is 30.5 Å². The Morgan fingerprint density at radius 2 is 1.91 bits per heavy atom. The van der Waals surface area contributed by atoms with Gasteiger partial charge in [0.25, 0.3) is 0 Å². The van der Waals surface area contributed by atoms with Crippen molar-refractivity contribution < 1.29 is 20.1 Å². The maximum Gasteiger partial charge on any atom is 0.247 e. The van der Waals surface area contributed by atoms with E-state index >= 15 is 0 Å². The summed E-state index contributed by atoms with van der Waals surface area (Å²) < 4.78 is 7.00. The summed E-state index contributed by atoms with van der Waals surface area (Å²) in [5.74, 6) is 0.216. The van der Waals surface area contributed by atoms with Crippen LogP contribution < -0.4 is 11.2 Å². The van der Waals surface area contributed by atoms with Crippen LogP contribution in [0, 0.1) is 0 Å². The number of anilines is 2. The van der Waals surface area contributed by atoms with Crippen LogP contribution in [0.15, 0.2) is 60.1 Å². The summed E-state index contributed by atoms with van der Waals surface area (Å²) in [6.45, 7) is -0.442. The smallest absolute Gasteiger partial charge is 0.247 e. The molecule has 0 bridgehead atoms. The quantitative estimate of drug-likeness (QED) is 0.201. The summed E-state index contributed by atoms with van der Waals surface area (Å²) in [6, 6.07) is 13.5. The number of nitrogens with zero attached hydrogens (tertiary/aromatic N) is 6. The molecule has 4 atom stereocenters. The first-order valence-electron chi connectivity index (χ1n) is 10.5. The Bertz CT molecular complexity index is 1310. The molecule has 0 radical (unpaired) electrons. The highest BCUT2D eigenvalue weighted by Crippen LogP contribution is 2.32. The number of rotatable bonds is 6. The van der Waals surface area contributed by atoms with Gasteiger partial charge in [-0.1, -0.05) is 30.3 Å². The van der Waals surface area contributed by atoms with E-state index in [0.29, 0.717) is 5.52 Å². The van der Waals surface area contributed by atoms with Gasteiger partial charge in [0.2, 0.25) is 5.95 Å². The number of aliphatic hydroxyl groups excluding tert-OH is 3. The van der Waals surface area contributed by atoms with Crippen LogP contribution >= 0.6 is 0 Å². The second-order valence-corrected chi connectivity index (χ2v) is 7.69. The number of ether oxygens (including phenoxy) is 1. The fourth-order valence-corrected chi connectivity index (χ4v) is 3.72. The molecule has 1 aromatic carbocycles. The number of fused-ring (bicyclic) bond motifs is 1. The minimum atomic E-state index is -1.28. The van der Waals surface area contributed by atoms with Gasteiger partial charge in [-0.15, -0.1) is 0 Å². The molecule has 3 aromatic heterocycles. The number of nitrogens with one attached hydrogen (secondary N) is 1. The van der Waals surface area contributed by atoms with E-state index in [1.165, 1.54) is 10.9 Å². The van der Waals surface area contributed by atoms with Crippen LogP contribution in [0.3, 0.4) is 0 Å². The molecule has 0 amide bonds. The minimum absolute atomic E-state index is 0.105. The van der Waals surface area contributed by atoms with Crippen molar-refractivity contribution in [3.63, 3.8) is 0 Å². The summed E-state index contributed by atoms with van der Waals surface area (Å²) in [4.78, 5) is 17.0. The third-order valence-corrected chi connectivity index (χ3v) is 5.49. The van der Waals surface area contributed by atoms with Crippen molar-refractivity contribution in [2.45, 2.75) is 24.5 Å². The number of nitrogen functional groups attached to an aromatic ring is 1. The number of hydrogen-bond acceptors (Lipinski definition) is 11. The first-order chi connectivity index (χ1) is 16.5. The maximum atomic E-state index is 10.3. The highest BCUT2D eigenvalue weighted by molar-refractivity contribution is 5.84. The standard InChI is InChI=1S/C22H22N8O4/c23-19-16-20(30(11-25-16)21-18(33)17(32)15(10-31)34-21)28-22(27-19)29-26-9-12-4-6-13(7-5-12)14-3-1-2-8-24-14/h1-9,11,15,17-18,21,31-33H,10H2,(H3,23,27,28,29)/b26-9+. The van der Waals surface area contributed by atoms with Gasteiger partial charge in [-0.3, -0.25) is 9.55 Å². The molecule has 1 aliphatic heterocycles. The molecular weight excluding hydrogens is 440 g/mol. The zero-order valence-corrected chi connectivity index (χ0v) is 17.8. The van der Waals surface area contributed by atoms with Crippen LogP contribution in [0.2, 0.25) is 0 Å². The number of aromatic nitrogens is 5. The predicted octanol–water partition coefficient (Wildman–Crippen LogP) is 0.528. The molecule has 5 rings (SSSR count). The van der Waals surface area contributed by atoms with Gasteiger partial charge in [-0.25, -0.2) is 10.4 Å². The highest BCUT2D eigenvalue weighted by atomic mass is 16.6. The number of imidazole rings is 1. The van der Waals surface area contributed by atoms with Crippen molar-refractivity contribution in [3.8, 4) is 11.3 Å². The number of nitrogens with two attached hydrogens (primary N) is 1. The van der Waals surface area contributed by atoms with Crippen molar-refractivity contribution >= 4 is 29.1 Å². The Balaban J connectivity index is 1.34. The van der Waals surface area contributed by atoms with E-state index in [-0.39, 0.29) is 17.4 Å². The lowest BCUT2D eigenvalue weighted by atomic mass is 10.1. The molecule has 12 heteroatoms. The summed E-state index contributed by atoms with van der Waals surface area (Å²) in [5.41, 5.74) is 12.1. The van der Waals surface area contributed by atoms with E-state index < -0.39 is 31.1 Å². The third-order valence-electron chi connectivity index (χ3n) is 5.49. The van der Waals surface area contributed by atoms with Gasteiger partial charge in [0.05, 0.1) is 24.8 Å². The molecule has 1 aliphatic rings. The minimum Gasteiger partial charge on any atom is -0.394 e. The number of pyridine rings is 1. The molecular formula is C22H22N8O4. The number of hydrazone groups is 1. The number of aliphatic hydroxyl groups is 3. The van der Waals surface area contributed by atoms with Gasteiger partial charge in [0, 0.05) is 11.8 Å². The molecule has 4 heterocycles. The van der Waals surface area contributed by atoms with Gasteiger partial charge in [0.15, 0.2) is 17.7 Å². The van der Waals surface area contributed by atoms with Crippen LogP contribution in [-0.4, -0.2) is 71.0 Å². The van der Waals surface area contributed by atoms with Crippen molar-refractivity contribution in [3.05, 3.63) is 60.6 Å². The monoisotopic (exact) mass is 462 g/mol. The van der Waals surface area contributed by atoms with E-state index in [1.807, 2.05) is 42.5 Å². The zero-order valence-electron chi connectivity index (χ0n) is 17.8. The molecule has 1 fully saturated rings. The lowest BCUT2D eigenvalue weighted by Gasteiger charge is -2.16. The van der Waals surface area contributed by atoms with Gasteiger partial charge in [-0.2, -0.15) is 15.1 Å². The molecule has 1 saturated heterocycles. The lowest BCUT2D eigenvalue weighted by Crippen LogP contribution is -2.33. The van der Waals surface area contributed by atoms with E-state index in [0.717, 1.165) is 16.8 Å². The molecule has 4 unspecified atom stereocenters. The highest BCUT2D eigenvalue weighted by Gasteiger charge is 2.44. The van der Waals surface area contributed by atoms with Crippen LogP contribution in [-0.2, 0) is 4.74 Å². The SMILES string of the molecule is Nc1nc(N/N=C/c2ccc(-c3ccccn3)cc2)nc2c1ncn2C1OC(CO)C(O)C1O. The Hall–Kier alpha value is -3.97. The normalized spacial score (nSPS) is 22.6. The summed E-state index contributed by atoms with van der Waals surface area (Å²) >= 11 is 0. The molecule has 12 nitrogen and oxygen atoms in total. The first kappa shape index (κ1) is 21.9. The largest absolute Gasteiger partial charge is 0.394 e. The van der Waals surface area contributed by atoms with Crippen LogP contribution in [0.1, 0.15) is 11.8 Å². The summed E-state index contributed by atoms with van der Waals surface area (Å²) in [5, 5.41) is 33.9. The van der Waals surface area contributed by atoms with Crippen LogP contribution in [0.25, 0.3) is 22.4 Å². The number of benzene rings is 1. The lowest BCUT2D eigenvalue weighted by molar-refractivity contribution is -0.0511. The zero-order chi connectivity index (χ0) is 23.7. The van der Waals surface area contributed by atoms with Gasteiger partial charge in [-0.05, 0) is 17.7 Å². The van der Waals surface area contributed by atoms with Gasteiger partial charge in [0.1, 0.15) is 23.8 Å². The molecule has 0 spiro atoms. The van der Waals surface area contributed by atoms with Crippen molar-refractivity contribution in [2.24, 2.45) is 5.10 Å². The second kappa shape index (κ2) is 9.11. The topological polar surface area (TPSA) is 177 Å². The Morgan fingerprint density at radius 3 is 2.62 bits per heavy atom. The molecule has 0 aliphatic carbocycles. The van der Waals surface area contributed by atoms with Crippen molar-refractivity contribution in [1.29, 1.82) is 0 Å². The fourth-order valence-electron chi connectivity index (χ4n) is 3.72. The van der Waals surface area contributed by atoms with Gasteiger partial charge >= 0.3 is 0 Å². The van der Waals surface area contributed by atoms with Gasteiger partial charge < -0.3 is 25.8 Å². The van der Waals surface area contributed by atoms with E-state index in [9.17, 15) is 15.3 Å². The van der Waals surface area contributed by atoms with Crippen molar-refractivity contribution in [1.82, 2.24) is 24.5 Å². The van der Waals surface area contributed by atoms with E-state index in [1.54, 1.807) is 12.4 Å². The fraction of sp³-hybridized carbons (Fsp3) is 0.227. The van der Waals surface area contributed by atoms with Crippen LogP contribution in [0.5, 0.6) is 0 Å². The van der Waals surface area contributed by atoms with E-state index in [4.69, 9.17) is 10.5 Å². The second-order valence-electron chi connectivity index (χ2n) is 7.69. The first-order valence-corrected chi connectivity index (χ1v) is 10.5. The Labute approximate surface area is 193 Å². The molecule has 34 heavy (non-hydrogen) atoms. The molecule has 174 valence electrons. The average Bonchev–Trinajstić information content (AvgIpc) is 3.41. The predicted molar refractivity (Wildman–Crippen MR) is 124 cm³/mol. The molecule has 4 aromatic rings. The summed E-state index contributed by atoms with van der Waals surface area (Å²) in [6.07, 6.45) is 0.271. The van der Waals surface area contributed by atoms with Crippen LogP contribution in [0.4, 0.5) is 11.8 Å². The average molecular weight is 462 g/mol. The Morgan fingerprint density at radius 1 is 1.09 bits per heavy atom. The Kier molecular flexibility index (Phi) is 5.86.